The van der Waals surface area contributed by atoms with Crippen LogP contribution in [-0.4, -0.2) is 40.5 Å². The molecule has 0 aliphatic carbocycles. The van der Waals surface area contributed by atoms with Crippen molar-refractivity contribution < 1.29 is 4.74 Å². The Kier molecular flexibility index (Phi) is 4.70. The second-order valence-corrected chi connectivity index (χ2v) is 6.33. The number of aromatic nitrogens is 4. The highest BCUT2D eigenvalue weighted by Gasteiger charge is 2.12. The van der Waals surface area contributed by atoms with Gasteiger partial charge >= 0.3 is 0 Å². The molecule has 0 aliphatic rings. The van der Waals surface area contributed by atoms with Crippen molar-refractivity contribution in [1.82, 2.24) is 19.8 Å². The highest BCUT2D eigenvalue weighted by Crippen LogP contribution is 2.21. The summed E-state index contributed by atoms with van der Waals surface area (Å²) in [5.74, 6) is 2.53. The van der Waals surface area contributed by atoms with Crippen LogP contribution in [0.2, 0.25) is 0 Å². The average molecular weight is 359 g/mol. The summed E-state index contributed by atoms with van der Waals surface area (Å²) in [4.78, 5) is 2.13. The monoisotopic (exact) mass is 359 g/mol. The minimum Gasteiger partial charge on any atom is -0.496 e. The van der Waals surface area contributed by atoms with Crippen LogP contribution in [-0.2, 0) is 6.42 Å². The van der Waals surface area contributed by atoms with Crippen molar-refractivity contribution in [3.63, 3.8) is 0 Å². The molecule has 6 heteroatoms. The van der Waals surface area contributed by atoms with E-state index in [0.717, 1.165) is 41.6 Å². The normalized spacial score (nSPS) is 10.9. The summed E-state index contributed by atoms with van der Waals surface area (Å²) in [6.07, 6.45) is 0.869. The van der Waals surface area contributed by atoms with Crippen LogP contribution >= 0.6 is 0 Å². The average Bonchev–Trinajstić information content (AvgIpc) is 3.16. The minimum absolute atomic E-state index is 0.732. The van der Waals surface area contributed by atoms with Crippen molar-refractivity contribution >= 4 is 11.5 Å². The van der Waals surface area contributed by atoms with E-state index in [0.29, 0.717) is 0 Å². The molecule has 136 valence electrons. The second-order valence-electron chi connectivity index (χ2n) is 6.33. The fraction of sp³-hybridized carbons (Fsp3) is 0.190. The zero-order valence-corrected chi connectivity index (χ0v) is 15.4. The van der Waals surface area contributed by atoms with Crippen LogP contribution in [0, 0.1) is 0 Å². The van der Waals surface area contributed by atoms with Crippen LogP contribution in [0.1, 0.15) is 5.56 Å². The van der Waals surface area contributed by atoms with E-state index in [-0.39, 0.29) is 0 Å². The third-order valence-corrected chi connectivity index (χ3v) is 4.58. The third-order valence-electron chi connectivity index (χ3n) is 4.58. The fourth-order valence-electron chi connectivity index (χ4n) is 3.06. The van der Waals surface area contributed by atoms with Crippen molar-refractivity contribution in [2.45, 2.75) is 6.42 Å². The van der Waals surface area contributed by atoms with Gasteiger partial charge in [-0.3, -0.25) is 0 Å². The summed E-state index contributed by atoms with van der Waals surface area (Å²) in [6.45, 7) is 0.821. The van der Waals surface area contributed by atoms with Gasteiger partial charge in [-0.25, -0.2) is 0 Å². The number of benzene rings is 2. The molecule has 0 aliphatic heterocycles. The maximum atomic E-state index is 5.44. The topological polar surface area (TPSA) is 55.5 Å². The molecule has 27 heavy (non-hydrogen) atoms. The molecule has 0 unspecified atom stereocenters. The van der Waals surface area contributed by atoms with Gasteiger partial charge in [0.1, 0.15) is 11.6 Å². The molecular formula is C21H21N5O. The lowest BCUT2D eigenvalue weighted by molar-refractivity contribution is 0.409. The summed E-state index contributed by atoms with van der Waals surface area (Å²) in [6, 6.07) is 22.0. The van der Waals surface area contributed by atoms with Gasteiger partial charge in [0.05, 0.1) is 7.11 Å². The van der Waals surface area contributed by atoms with E-state index in [1.807, 2.05) is 67.7 Å². The minimum atomic E-state index is 0.732. The Morgan fingerprint density at radius 3 is 2.52 bits per heavy atom. The number of fused-ring (bicyclic) bond motifs is 1. The van der Waals surface area contributed by atoms with Crippen LogP contribution < -0.4 is 9.64 Å². The fourth-order valence-corrected chi connectivity index (χ4v) is 3.06. The molecule has 0 bridgehead atoms. The number of methoxy groups -OCH3 is 1. The molecule has 0 saturated carbocycles. The smallest absolute Gasteiger partial charge is 0.185 e. The van der Waals surface area contributed by atoms with Crippen LogP contribution in [0.25, 0.3) is 17.0 Å². The maximum absolute atomic E-state index is 5.44. The van der Waals surface area contributed by atoms with Crippen molar-refractivity contribution in [2.75, 3.05) is 25.6 Å². The summed E-state index contributed by atoms with van der Waals surface area (Å²) in [5.41, 5.74) is 2.91. The highest BCUT2D eigenvalue weighted by molar-refractivity contribution is 5.59. The van der Waals surface area contributed by atoms with Crippen LogP contribution in [0.5, 0.6) is 5.75 Å². The van der Waals surface area contributed by atoms with Gasteiger partial charge in [-0.1, -0.05) is 48.5 Å². The standard InChI is InChI=1S/C21H21N5O/c1-25(15-14-16-8-6-7-11-18(16)27-2)20-13-12-19-22-23-21(26(19)24-20)17-9-4-3-5-10-17/h3-13H,14-15H2,1-2H3. The Morgan fingerprint density at radius 2 is 1.70 bits per heavy atom. The van der Waals surface area contributed by atoms with E-state index in [1.54, 1.807) is 11.6 Å². The molecule has 2 aromatic heterocycles. The summed E-state index contributed by atoms with van der Waals surface area (Å²) in [7, 11) is 3.74. The number of anilines is 1. The number of ether oxygens (including phenoxy) is 1. The number of likely N-dealkylation sites (N-methyl/N-ethyl adjacent to an activating group) is 1. The van der Waals surface area contributed by atoms with E-state index in [9.17, 15) is 0 Å². The molecule has 0 N–H and O–H groups in total. The first-order valence-electron chi connectivity index (χ1n) is 8.87. The first kappa shape index (κ1) is 17.0. The quantitative estimate of drug-likeness (QED) is 0.528. The number of nitrogens with zero attached hydrogens (tertiary/aromatic N) is 5. The molecule has 0 spiro atoms. The second kappa shape index (κ2) is 7.45. The molecule has 0 fully saturated rings. The van der Waals surface area contributed by atoms with Crippen molar-refractivity contribution in [2.24, 2.45) is 0 Å². The molecule has 6 nitrogen and oxygen atoms in total. The highest BCUT2D eigenvalue weighted by atomic mass is 16.5. The zero-order chi connectivity index (χ0) is 18.6. The molecular weight excluding hydrogens is 338 g/mol. The number of para-hydroxylation sites is 1. The molecule has 0 atom stereocenters. The zero-order valence-electron chi connectivity index (χ0n) is 15.4. The summed E-state index contributed by atoms with van der Waals surface area (Å²) >= 11 is 0. The van der Waals surface area contributed by atoms with Gasteiger partial charge in [0, 0.05) is 19.2 Å². The molecule has 0 radical (unpaired) electrons. The van der Waals surface area contributed by atoms with Gasteiger partial charge in [-0.2, -0.15) is 4.52 Å². The van der Waals surface area contributed by atoms with Gasteiger partial charge in [-0.15, -0.1) is 15.3 Å². The molecule has 4 aromatic rings. The maximum Gasteiger partial charge on any atom is 0.185 e. The van der Waals surface area contributed by atoms with Gasteiger partial charge in [0.25, 0.3) is 0 Å². The Labute approximate surface area is 158 Å². The van der Waals surface area contributed by atoms with Crippen LogP contribution in [0.15, 0.2) is 66.7 Å². The molecule has 2 aromatic carbocycles. The van der Waals surface area contributed by atoms with E-state index >= 15 is 0 Å². The Hall–Kier alpha value is -3.41. The Morgan fingerprint density at radius 1 is 0.926 bits per heavy atom. The van der Waals surface area contributed by atoms with E-state index in [4.69, 9.17) is 9.84 Å². The van der Waals surface area contributed by atoms with E-state index in [2.05, 4.69) is 21.2 Å². The number of rotatable bonds is 6. The molecule has 4 rings (SSSR count). The SMILES string of the molecule is COc1ccccc1CCN(C)c1ccc2nnc(-c3ccccc3)n2n1. The predicted molar refractivity (Wildman–Crippen MR) is 106 cm³/mol. The lowest BCUT2D eigenvalue weighted by atomic mass is 10.1. The van der Waals surface area contributed by atoms with Gasteiger partial charge in [0.15, 0.2) is 11.5 Å². The summed E-state index contributed by atoms with van der Waals surface area (Å²) < 4.78 is 7.24. The molecule has 0 saturated heterocycles. The van der Waals surface area contributed by atoms with Crippen LogP contribution in [0.4, 0.5) is 5.82 Å². The van der Waals surface area contributed by atoms with E-state index < -0.39 is 0 Å². The van der Waals surface area contributed by atoms with Gasteiger partial charge in [0.2, 0.25) is 0 Å². The summed E-state index contributed by atoms with van der Waals surface area (Å²) in [5, 5.41) is 13.3. The van der Waals surface area contributed by atoms with Crippen molar-refractivity contribution in [3.8, 4) is 17.1 Å². The van der Waals surface area contributed by atoms with Gasteiger partial charge in [-0.05, 0) is 30.2 Å². The number of hydrogen-bond donors (Lipinski definition) is 0. The lowest BCUT2D eigenvalue weighted by Gasteiger charge is -2.19. The predicted octanol–water partition coefficient (Wildman–Crippen LogP) is 3.48. The van der Waals surface area contributed by atoms with Gasteiger partial charge < -0.3 is 9.64 Å². The number of hydrogen-bond acceptors (Lipinski definition) is 5. The van der Waals surface area contributed by atoms with Crippen LogP contribution in [0.3, 0.4) is 0 Å². The molecule has 2 heterocycles. The van der Waals surface area contributed by atoms with Crippen molar-refractivity contribution in [1.29, 1.82) is 0 Å². The van der Waals surface area contributed by atoms with Crippen molar-refractivity contribution in [3.05, 3.63) is 72.3 Å². The van der Waals surface area contributed by atoms with E-state index in [1.165, 1.54) is 5.56 Å². The Balaban J connectivity index is 1.58. The Bertz CT molecular complexity index is 1040. The first-order chi connectivity index (χ1) is 13.3. The third kappa shape index (κ3) is 3.46. The lowest BCUT2D eigenvalue weighted by Crippen LogP contribution is -2.22. The largest absolute Gasteiger partial charge is 0.496 e. The molecule has 0 amide bonds. The first-order valence-corrected chi connectivity index (χ1v) is 8.87.